The fraction of sp³-hybridized carbons (Fsp3) is 0.125. The summed E-state index contributed by atoms with van der Waals surface area (Å²) in [5, 5.41) is 10.3. The van der Waals surface area contributed by atoms with Crippen LogP contribution in [0.4, 0.5) is 15.9 Å². The monoisotopic (exact) mass is 399 g/mol. The second-order valence-corrected chi connectivity index (χ2v) is 7.53. The highest BCUT2D eigenvalue weighted by molar-refractivity contribution is 5.87. The summed E-state index contributed by atoms with van der Waals surface area (Å²) in [4.78, 5) is 0. The van der Waals surface area contributed by atoms with Crippen LogP contribution < -0.4 is 15.8 Å². The molecule has 0 radical (unpaired) electrons. The lowest BCUT2D eigenvalue weighted by atomic mass is 10.0. The van der Waals surface area contributed by atoms with Gasteiger partial charge in [-0.1, -0.05) is 24.8 Å². The lowest BCUT2D eigenvalue weighted by Gasteiger charge is -2.29. The van der Waals surface area contributed by atoms with E-state index in [4.69, 9.17) is 5.10 Å². The Morgan fingerprint density at radius 2 is 1.90 bits per heavy atom. The number of nitrogens with one attached hydrogen (secondary N) is 2. The van der Waals surface area contributed by atoms with Gasteiger partial charge in [0.2, 0.25) is 0 Å². The Bertz CT molecular complexity index is 1190. The van der Waals surface area contributed by atoms with Crippen LogP contribution in [0.2, 0.25) is 0 Å². The van der Waals surface area contributed by atoms with Crippen LogP contribution in [-0.2, 0) is 6.54 Å². The number of aromatic nitrogens is 2. The molecule has 0 unspecified atom stereocenters. The molecule has 0 fully saturated rings. The van der Waals surface area contributed by atoms with Crippen molar-refractivity contribution >= 4 is 17.2 Å². The van der Waals surface area contributed by atoms with E-state index in [1.807, 2.05) is 40.2 Å². The predicted molar refractivity (Wildman–Crippen MR) is 119 cm³/mol. The number of hydrogen-bond acceptors (Lipinski definition) is 4. The molecule has 0 atom stereocenters. The third kappa shape index (κ3) is 3.16. The lowest BCUT2D eigenvalue weighted by molar-refractivity contribution is 0.628. The van der Waals surface area contributed by atoms with E-state index in [1.54, 1.807) is 12.1 Å². The zero-order chi connectivity index (χ0) is 20.7. The van der Waals surface area contributed by atoms with E-state index < -0.39 is 0 Å². The highest BCUT2D eigenvalue weighted by atomic mass is 19.1. The molecule has 2 N–H and O–H groups in total. The summed E-state index contributed by atoms with van der Waals surface area (Å²) in [5.74, 6) is 0.667. The van der Waals surface area contributed by atoms with Crippen molar-refractivity contribution in [3.63, 3.8) is 0 Å². The van der Waals surface area contributed by atoms with Gasteiger partial charge in [-0.2, -0.15) is 5.10 Å². The van der Waals surface area contributed by atoms with Crippen molar-refractivity contribution in [1.29, 1.82) is 0 Å². The number of hydrogen-bond donors (Lipinski definition) is 2. The summed E-state index contributed by atoms with van der Waals surface area (Å²) in [7, 11) is 0. The Morgan fingerprint density at radius 1 is 1.10 bits per heavy atom. The van der Waals surface area contributed by atoms with Gasteiger partial charge < -0.3 is 5.32 Å². The average molecular weight is 399 g/mol. The maximum Gasteiger partial charge on any atom is 0.135 e. The third-order valence-corrected chi connectivity index (χ3v) is 5.33. The van der Waals surface area contributed by atoms with Gasteiger partial charge in [-0.05, 0) is 60.5 Å². The van der Waals surface area contributed by atoms with Crippen LogP contribution in [0.25, 0.3) is 17.0 Å². The molecule has 2 aliphatic heterocycles. The van der Waals surface area contributed by atoms with Crippen molar-refractivity contribution in [3.8, 4) is 11.3 Å². The fourth-order valence-electron chi connectivity index (χ4n) is 3.84. The standard InChI is InChI=1S/C24H22FN5/c1-16-14-26-24-22(23(28-30(24)15-16)18-9-11-19(25)12-10-18)20-7-5-13-29(27-20)21-8-4-3-6-17(21)2/h3-13,26-27H,1,14-15H2,2H3. The van der Waals surface area contributed by atoms with Crippen LogP contribution in [0.5, 0.6) is 0 Å². The Balaban J connectivity index is 1.60. The number of para-hydroxylation sites is 1. The Kier molecular flexibility index (Phi) is 4.39. The Hall–Kier alpha value is -3.80. The molecule has 3 heterocycles. The molecule has 1 aromatic heterocycles. The number of hydrazine groups is 1. The first-order valence-corrected chi connectivity index (χ1v) is 9.88. The summed E-state index contributed by atoms with van der Waals surface area (Å²) >= 11 is 0. The third-order valence-electron chi connectivity index (χ3n) is 5.33. The first-order chi connectivity index (χ1) is 14.6. The summed E-state index contributed by atoms with van der Waals surface area (Å²) < 4.78 is 15.5. The number of benzene rings is 2. The first kappa shape index (κ1) is 18.2. The number of halogens is 1. The SMILES string of the molecule is C=C1CNc2c(C3=CC=CN(c4ccccc4C)N3)c(-c3ccc(F)cc3)nn2C1. The highest BCUT2D eigenvalue weighted by Gasteiger charge is 2.26. The number of anilines is 2. The van der Waals surface area contributed by atoms with Crippen molar-refractivity contribution < 1.29 is 4.39 Å². The van der Waals surface area contributed by atoms with Crippen LogP contribution in [0.1, 0.15) is 11.1 Å². The molecule has 0 bridgehead atoms. The van der Waals surface area contributed by atoms with Gasteiger partial charge in [-0.25, -0.2) is 9.07 Å². The molecule has 2 aliphatic rings. The van der Waals surface area contributed by atoms with E-state index in [-0.39, 0.29) is 5.82 Å². The van der Waals surface area contributed by atoms with Crippen molar-refractivity contribution in [3.05, 3.63) is 96.0 Å². The second kappa shape index (κ2) is 7.22. The van der Waals surface area contributed by atoms with Gasteiger partial charge in [0, 0.05) is 18.3 Å². The van der Waals surface area contributed by atoms with Crippen LogP contribution in [-0.4, -0.2) is 16.3 Å². The number of allylic oxidation sites excluding steroid dienone is 2. The predicted octanol–water partition coefficient (Wildman–Crippen LogP) is 4.86. The Labute approximate surface area is 174 Å². The van der Waals surface area contributed by atoms with Crippen molar-refractivity contribution in [2.45, 2.75) is 13.5 Å². The second-order valence-electron chi connectivity index (χ2n) is 7.53. The molecule has 0 saturated heterocycles. The summed E-state index contributed by atoms with van der Waals surface area (Å²) in [6.07, 6.45) is 6.04. The summed E-state index contributed by atoms with van der Waals surface area (Å²) in [6, 6.07) is 14.7. The van der Waals surface area contributed by atoms with Gasteiger partial charge in [0.15, 0.2) is 0 Å². The molecular weight excluding hydrogens is 377 g/mol. The zero-order valence-electron chi connectivity index (χ0n) is 16.7. The van der Waals surface area contributed by atoms with E-state index >= 15 is 0 Å². The molecule has 3 aromatic rings. The van der Waals surface area contributed by atoms with Crippen LogP contribution in [0.15, 0.2) is 79.0 Å². The van der Waals surface area contributed by atoms with E-state index in [2.05, 4.69) is 36.4 Å². The maximum absolute atomic E-state index is 13.5. The molecule has 0 amide bonds. The van der Waals surface area contributed by atoms with Gasteiger partial charge in [0.05, 0.1) is 23.5 Å². The molecule has 6 heteroatoms. The minimum atomic E-state index is -0.264. The van der Waals surface area contributed by atoms with E-state index in [0.29, 0.717) is 13.1 Å². The molecule has 30 heavy (non-hydrogen) atoms. The smallest absolute Gasteiger partial charge is 0.135 e. The quantitative estimate of drug-likeness (QED) is 0.618. The molecule has 5 nitrogen and oxygen atoms in total. The summed E-state index contributed by atoms with van der Waals surface area (Å²) in [5.41, 5.74) is 10.4. The molecule has 0 aliphatic carbocycles. The minimum absolute atomic E-state index is 0.264. The van der Waals surface area contributed by atoms with E-state index in [0.717, 1.165) is 39.6 Å². The van der Waals surface area contributed by atoms with Gasteiger partial charge in [-0.15, -0.1) is 0 Å². The molecular formula is C24H22FN5. The van der Waals surface area contributed by atoms with E-state index in [1.165, 1.54) is 17.7 Å². The van der Waals surface area contributed by atoms with Gasteiger partial charge >= 0.3 is 0 Å². The van der Waals surface area contributed by atoms with Gasteiger partial charge in [0.25, 0.3) is 0 Å². The molecule has 150 valence electrons. The average Bonchev–Trinajstić information content (AvgIpc) is 3.13. The van der Waals surface area contributed by atoms with Crippen molar-refractivity contribution in [2.24, 2.45) is 0 Å². The first-order valence-electron chi connectivity index (χ1n) is 9.88. The molecule has 2 aromatic carbocycles. The largest absolute Gasteiger partial charge is 0.366 e. The zero-order valence-corrected chi connectivity index (χ0v) is 16.7. The molecule has 5 rings (SSSR count). The molecule has 0 saturated carbocycles. The van der Waals surface area contributed by atoms with Gasteiger partial charge in [-0.3, -0.25) is 10.4 Å². The normalized spacial score (nSPS) is 15.3. The molecule has 0 spiro atoms. The number of fused-ring (bicyclic) bond motifs is 1. The van der Waals surface area contributed by atoms with Crippen LogP contribution >= 0.6 is 0 Å². The topological polar surface area (TPSA) is 45.1 Å². The van der Waals surface area contributed by atoms with E-state index in [9.17, 15) is 4.39 Å². The van der Waals surface area contributed by atoms with Crippen LogP contribution in [0, 0.1) is 12.7 Å². The van der Waals surface area contributed by atoms with Crippen molar-refractivity contribution in [1.82, 2.24) is 15.2 Å². The number of nitrogens with zero attached hydrogens (tertiary/aromatic N) is 3. The minimum Gasteiger partial charge on any atom is -0.366 e. The van der Waals surface area contributed by atoms with Crippen LogP contribution in [0.3, 0.4) is 0 Å². The number of rotatable bonds is 3. The number of aryl methyl sites for hydroxylation is 1. The lowest BCUT2D eigenvalue weighted by Crippen LogP contribution is -2.34. The Morgan fingerprint density at radius 3 is 2.70 bits per heavy atom. The maximum atomic E-state index is 13.5. The van der Waals surface area contributed by atoms with Gasteiger partial charge in [0.1, 0.15) is 17.3 Å². The van der Waals surface area contributed by atoms with Crippen molar-refractivity contribution in [2.75, 3.05) is 16.9 Å². The summed E-state index contributed by atoms with van der Waals surface area (Å²) in [6.45, 7) is 7.53. The highest BCUT2D eigenvalue weighted by Crippen LogP contribution is 2.37. The fourth-order valence-corrected chi connectivity index (χ4v) is 3.84.